The summed E-state index contributed by atoms with van der Waals surface area (Å²) in [6.07, 6.45) is 0.982. The summed E-state index contributed by atoms with van der Waals surface area (Å²) >= 11 is 0. The molecule has 0 spiro atoms. The van der Waals surface area contributed by atoms with E-state index in [2.05, 4.69) is 5.32 Å². The topological polar surface area (TPSA) is 75.4 Å². The van der Waals surface area contributed by atoms with Gasteiger partial charge in [-0.3, -0.25) is 9.59 Å². The van der Waals surface area contributed by atoms with Crippen molar-refractivity contribution in [1.82, 2.24) is 0 Å². The first-order valence-corrected chi connectivity index (χ1v) is 9.10. The van der Waals surface area contributed by atoms with Gasteiger partial charge < -0.3 is 16.0 Å². The van der Waals surface area contributed by atoms with E-state index in [-0.39, 0.29) is 11.8 Å². The minimum Gasteiger partial charge on any atom is -0.399 e. The second-order valence-corrected chi connectivity index (χ2v) is 6.57. The van der Waals surface area contributed by atoms with Crippen molar-refractivity contribution >= 4 is 28.9 Å². The number of nitrogen functional groups attached to an aromatic ring is 1. The van der Waals surface area contributed by atoms with Gasteiger partial charge in [-0.25, -0.2) is 0 Å². The molecule has 0 aliphatic rings. The maximum atomic E-state index is 12.6. The number of para-hydroxylation sites is 1. The lowest BCUT2D eigenvalue weighted by Gasteiger charge is -2.17. The van der Waals surface area contributed by atoms with Crippen LogP contribution in [0.4, 0.5) is 17.1 Å². The summed E-state index contributed by atoms with van der Waals surface area (Å²) in [6.45, 7) is 0. The fourth-order valence-corrected chi connectivity index (χ4v) is 2.89. The van der Waals surface area contributed by atoms with E-state index < -0.39 is 0 Å². The molecule has 0 radical (unpaired) electrons. The van der Waals surface area contributed by atoms with E-state index in [0.717, 1.165) is 11.3 Å². The van der Waals surface area contributed by atoms with E-state index in [0.29, 0.717) is 29.8 Å². The third-order valence-corrected chi connectivity index (χ3v) is 4.46. The molecule has 0 aliphatic heterocycles. The summed E-state index contributed by atoms with van der Waals surface area (Å²) < 4.78 is 0. The number of amides is 2. The number of hydrogen-bond donors (Lipinski definition) is 2. The molecule has 0 aliphatic carbocycles. The second kappa shape index (κ2) is 8.86. The van der Waals surface area contributed by atoms with E-state index in [1.807, 2.05) is 54.6 Å². The second-order valence-electron chi connectivity index (χ2n) is 6.57. The summed E-state index contributed by atoms with van der Waals surface area (Å²) in [4.78, 5) is 26.4. The number of aryl methyl sites for hydroxylation is 1. The normalized spacial score (nSPS) is 10.3. The van der Waals surface area contributed by atoms with Gasteiger partial charge in [-0.05, 0) is 60.5 Å². The highest BCUT2D eigenvalue weighted by Gasteiger charge is 2.13. The lowest BCUT2D eigenvalue weighted by atomic mass is 10.1. The average Bonchev–Trinajstić information content (AvgIpc) is 2.72. The predicted molar refractivity (Wildman–Crippen MR) is 113 cm³/mol. The third kappa shape index (κ3) is 4.98. The summed E-state index contributed by atoms with van der Waals surface area (Å²) in [5.74, 6) is -0.186. The Hall–Kier alpha value is -3.60. The number of benzene rings is 3. The monoisotopic (exact) mass is 373 g/mol. The first kappa shape index (κ1) is 19.2. The zero-order valence-electron chi connectivity index (χ0n) is 15.8. The van der Waals surface area contributed by atoms with Crippen molar-refractivity contribution < 1.29 is 9.59 Å². The number of carbonyl (C=O) groups excluding carboxylic acids is 2. The van der Waals surface area contributed by atoms with Gasteiger partial charge >= 0.3 is 0 Å². The Kier molecular flexibility index (Phi) is 6.07. The molecular weight excluding hydrogens is 350 g/mol. The van der Waals surface area contributed by atoms with Gasteiger partial charge in [-0.1, -0.05) is 30.3 Å². The molecule has 3 N–H and O–H groups in total. The molecule has 0 aromatic heterocycles. The van der Waals surface area contributed by atoms with Crippen LogP contribution < -0.4 is 16.0 Å². The smallest absolute Gasteiger partial charge is 0.258 e. The van der Waals surface area contributed by atoms with E-state index in [9.17, 15) is 9.59 Å². The molecule has 28 heavy (non-hydrogen) atoms. The fraction of sp³-hybridized carbons (Fsp3) is 0.130. The van der Waals surface area contributed by atoms with Crippen molar-refractivity contribution in [1.29, 1.82) is 0 Å². The highest BCUT2D eigenvalue weighted by atomic mass is 16.2. The Morgan fingerprint density at radius 3 is 2.32 bits per heavy atom. The molecule has 5 heteroatoms. The van der Waals surface area contributed by atoms with E-state index in [1.165, 1.54) is 0 Å². The summed E-state index contributed by atoms with van der Waals surface area (Å²) in [7, 11) is 1.74. The SMILES string of the molecule is CN(C(=O)c1ccc(NC(=O)CCc2cccc(N)c2)cc1)c1ccccc1. The summed E-state index contributed by atoms with van der Waals surface area (Å²) in [5, 5.41) is 2.86. The van der Waals surface area contributed by atoms with Crippen molar-refractivity contribution in [2.75, 3.05) is 23.0 Å². The number of rotatable bonds is 6. The average molecular weight is 373 g/mol. The molecule has 142 valence electrons. The number of nitrogens with two attached hydrogens (primary N) is 1. The van der Waals surface area contributed by atoms with Crippen molar-refractivity contribution in [2.24, 2.45) is 0 Å². The largest absolute Gasteiger partial charge is 0.399 e. The standard InChI is InChI=1S/C23H23N3O2/c1-26(21-8-3-2-4-9-21)23(28)18-11-13-20(14-12-18)25-22(27)15-10-17-6-5-7-19(24)16-17/h2-9,11-14,16H,10,15,24H2,1H3,(H,25,27). The quantitative estimate of drug-likeness (QED) is 0.638. The van der Waals surface area contributed by atoms with Crippen molar-refractivity contribution in [3.8, 4) is 0 Å². The lowest BCUT2D eigenvalue weighted by Crippen LogP contribution is -2.26. The Bertz CT molecular complexity index is 953. The predicted octanol–water partition coefficient (Wildman–Crippen LogP) is 4.12. The van der Waals surface area contributed by atoms with Crippen LogP contribution in [0.25, 0.3) is 0 Å². The molecule has 2 amide bonds. The van der Waals surface area contributed by atoms with Crippen molar-refractivity contribution in [3.63, 3.8) is 0 Å². The molecular formula is C23H23N3O2. The van der Waals surface area contributed by atoms with Gasteiger partial charge in [0.05, 0.1) is 0 Å². The van der Waals surface area contributed by atoms with Crippen LogP contribution >= 0.6 is 0 Å². The molecule has 3 rings (SSSR count). The zero-order chi connectivity index (χ0) is 19.9. The highest BCUT2D eigenvalue weighted by Crippen LogP contribution is 2.17. The lowest BCUT2D eigenvalue weighted by molar-refractivity contribution is -0.116. The van der Waals surface area contributed by atoms with Crippen LogP contribution in [0.3, 0.4) is 0 Å². The van der Waals surface area contributed by atoms with E-state index >= 15 is 0 Å². The third-order valence-electron chi connectivity index (χ3n) is 4.46. The van der Waals surface area contributed by atoms with E-state index in [4.69, 9.17) is 5.73 Å². The van der Waals surface area contributed by atoms with Gasteiger partial charge in [0, 0.05) is 36.1 Å². The first-order chi connectivity index (χ1) is 13.5. The number of nitrogens with one attached hydrogen (secondary N) is 1. The number of anilines is 3. The zero-order valence-corrected chi connectivity index (χ0v) is 15.8. The number of carbonyl (C=O) groups is 2. The van der Waals surface area contributed by atoms with Crippen molar-refractivity contribution in [2.45, 2.75) is 12.8 Å². The Balaban J connectivity index is 1.56. The van der Waals surface area contributed by atoms with Crippen LogP contribution in [0.5, 0.6) is 0 Å². The molecule has 0 heterocycles. The van der Waals surface area contributed by atoms with Crippen LogP contribution in [-0.4, -0.2) is 18.9 Å². The number of hydrogen-bond acceptors (Lipinski definition) is 3. The van der Waals surface area contributed by atoms with Gasteiger partial charge in [-0.2, -0.15) is 0 Å². The fourth-order valence-electron chi connectivity index (χ4n) is 2.89. The minimum absolute atomic E-state index is 0.0806. The van der Waals surface area contributed by atoms with Gasteiger partial charge in [0.15, 0.2) is 0 Å². The molecule has 0 unspecified atom stereocenters. The maximum Gasteiger partial charge on any atom is 0.258 e. The molecule has 0 atom stereocenters. The Morgan fingerprint density at radius 2 is 1.64 bits per heavy atom. The maximum absolute atomic E-state index is 12.6. The van der Waals surface area contributed by atoms with Crippen LogP contribution in [-0.2, 0) is 11.2 Å². The first-order valence-electron chi connectivity index (χ1n) is 9.10. The van der Waals surface area contributed by atoms with Crippen LogP contribution in [0, 0.1) is 0 Å². The van der Waals surface area contributed by atoms with Gasteiger partial charge in [-0.15, -0.1) is 0 Å². The van der Waals surface area contributed by atoms with Crippen LogP contribution in [0.15, 0.2) is 78.9 Å². The highest BCUT2D eigenvalue weighted by molar-refractivity contribution is 6.06. The minimum atomic E-state index is -0.106. The Morgan fingerprint density at radius 1 is 0.929 bits per heavy atom. The Labute approximate surface area is 164 Å². The number of nitrogens with zero attached hydrogens (tertiary/aromatic N) is 1. The molecule has 3 aromatic rings. The summed E-state index contributed by atoms with van der Waals surface area (Å²) in [6, 6.07) is 23.9. The van der Waals surface area contributed by atoms with E-state index in [1.54, 1.807) is 36.2 Å². The molecule has 5 nitrogen and oxygen atoms in total. The molecule has 0 saturated heterocycles. The molecule has 0 fully saturated rings. The van der Waals surface area contributed by atoms with Gasteiger partial charge in [0.2, 0.25) is 5.91 Å². The van der Waals surface area contributed by atoms with Crippen LogP contribution in [0.1, 0.15) is 22.3 Å². The van der Waals surface area contributed by atoms with Crippen LogP contribution in [0.2, 0.25) is 0 Å². The van der Waals surface area contributed by atoms with Gasteiger partial charge in [0.25, 0.3) is 5.91 Å². The molecule has 0 saturated carbocycles. The molecule has 3 aromatic carbocycles. The summed E-state index contributed by atoms with van der Waals surface area (Å²) in [5.41, 5.74) is 9.52. The molecule has 0 bridgehead atoms. The van der Waals surface area contributed by atoms with Crippen molar-refractivity contribution in [3.05, 3.63) is 90.0 Å². The van der Waals surface area contributed by atoms with Gasteiger partial charge in [0.1, 0.15) is 0 Å².